The Labute approximate surface area is 157 Å². The second kappa shape index (κ2) is 11.3. The average Bonchev–Trinajstić information content (AvgIpc) is 2.64. The fourth-order valence-corrected chi connectivity index (χ4v) is 3.07. The van der Waals surface area contributed by atoms with Crippen molar-refractivity contribution in [1.29, 1.82) is 0 Å². The van der Waals surface area contributed by atoms with Gasteiger partial charge in [0, 0.05) is 6.92 Å². The summed E-state index contributed by atoms with van der Waals surface area (Å²) in [6, 6.07) is 16.1. The van der Waals surface area contributed by atoms with Crippen molar-refractivity contribution in [1.82, 2.24) is 0 Å². The molecule has 0 heterocycles. The molecule has 3 nitrogen and oxygen atoms in total. The third-order valence-electron chi connectivity index (χ3n) is 4.43. The minimum atomic E-state index is -0.0775. The van der Waals surface area contributed by atoms with Gasteiger partial charge in [-0.2, -0.15) is 0 Å². The van der Waals surface area contributed by atoms with E-state index < -0.39 is 0 Å². The third kappa shape index (κ3) is 6.91. The SMILES string of the molecule is CCCCCCCCc1cccc(NC(C)=O)c1OCc1ccccc1. The van der Waals surface area contributed by atoms with E-state index in [4.69, 9.17) is 4.74 Å². The quantitative estimate of drug-likeness (QED) is 0.494. The molecule has 1 amide bonds. The molecule has 0 saturated carbocycles. The topological polar surface area (TPSA) is 38.3 Å². The summed E-state index contributed by atoms with van der Waals surface area (Å²) in [5, 5.41) is 2.90. The number of hydrogen-bond donors (Lipinski definition) is 1. The Hall–Kier alpha value is -2.29. The highest BCUT2D eigenvalue weighted by Crippen LogP contribution is 2.31. The van der Waals surface area contributed by atoms with Gasteiger partial charge in [-0.15, -0.1) is 0 Å². The molecule has 0 aliphatic rings. The van der Waals surface area contributed by atoms with Crippen molar-refractivity contribution in [3.05, 3.63) is 59.7 Å². The maximum absolute atomic E-state index is 11.5. The first-order valence-corrected chi connectivity index (χ1v) is 9.77. The van der Waals surface area contributed by atoms with Gasteiger partial charge in [0.1, 0.15) is 12.4 Å². The molecule has 0 fully saturated rings. The van der Waals surface area contributed by atoms with Crippen molar-refractivity contribution in [2.75, 3.05) is 5.32 Å². The van der Waals surface area contributed by atoms with E-state index in [2.05, 4.69) is 30.4 Å². The summed E-state index contributed by atoms with van der Waals surface area (Å²) in [6.07, 6.45) is 8.57. The first kappa shape index (κ1) is 20.0. The summed E-state index contributed by atoms with van der Waals surface area (Å²) < 4.78 is 6.14. The van der Waals surface area contributed by atoms with E-state index in [-0.39, 0.29) is 5.91 Å². The third-order valence-corrected chi connectivity index (χ3v) is 4.43. The maximum Gasteiger partial charge on any atom is 0.221 e. The number of ether oxygens (including phenoxy) is 1. The summed E-state index contributed by atoms with van der Waals surface area (Å²) in [5.74, 6) is 0.728. The molecule has 3 heteroatoms. The number of rotatable bonds is 11. The van der Waals surface area contributed by atoms with Crippen LogP contribution in [-0.4, -0.2) is 5.91 Å². The molecule has 0 unspecified atom stereocenters. The molecule has 0 aliphatic carbocycles. The summed E-state index contributed by atoms with van der Waals surface area (Å²) >= 11 is 0. The van der Waals surface area contributed by atoms with Crippen molar-refractivity contribution in [2.24, 2.45) is 0 Å². The van der Waals surface area contributed by atoms with Gasteiger partial charge in [0.15, 0.2) is 0 Å². The maximum atomic E-state index is 11.5. The normalized spacial score (nSPS) is 10.5. The highest BCUT2D eigenvalue weighted by atomic mass is 16.5. The zero-order chi connectivity index (χ0) is 18.6. The van der Waals surface area contributed by atoms with Crippen molar-refractivity contribution in [3.8, 4) is 5.75 Å². The Morgan fingerprint density at radius 3 is 2.38 bits per heavy atom. The summed E-state index contributed by atoms with van der Waals surface area (Å²) in [6.45, 7) is 4.27. The smallest absolute Gasteiger partial charge is 0.221 e. The molecule has 26 heavy (non-hydrogen) atoms. The lowest BCUT2D eigenvalue weighted by atomic mass is 10.0. The van der Waals surface area contributed by atoms with Gasteiger partial charge in [0.2, 0.25) is 5.91 Å². The van der Waals surface area contributed by atoms with Crippen LogP contribution in [0.5, 0.6) is 5.75 Å². The molecular weight excluding hydrogens is 322 g/mol. The first-order valence-electron chi connectivity index (χ1n) is 9.77. The lowest BCUT2D eigenvalue weighted by Crippen LogP contribution is -2.09. The molecule has 0 atom stereocenters. The number of unbranched alkanes of at least 4 members (excludes halogenated alkanes) is 5. The van der Waals surface area contributed by atoms with Gasteiger partial charge in [-0.05, 0) is 30.0 Å². The molecule has 1 N–H and O–H groups in total. The van der Waals surface area contributed by atoms with Crippen LogP contribution >= 0.6 is 0 Å². The molecule has 0 aliphatic heterocycles. The summed E-state index contributed by atoms with van der Waals surface area (Å²) in [7, 11) is 0. The standard InChI is InChI=1S/C23H31NO2/c1-3-4-5-6-7-11-15-21-16-12-17-22(24-19(2)25)23(21)26-18-20-13-9-8-10-14-20/h8-10,12-14,16-17H,3-7,11,15,18H2,1-2H3,(H,24,25). The Morgan fingerprint density at radius 1 is 0.923 bits per heavy atom. The lowest BCUT2D eigenvalue weighted by Gasteiger charge is -2.16. The van der Waals surface area contributed by atoms with Crippen molar-refractivity contribution >= 4 is 11.6 Å². The molecule has 0 saturated heterocycles. The van der Waals surface area contributed by atoms with Crippen LogP contribution in [0.3, 0.4) is 0 Å². The van der Waals surface area contributed by atoms with E-state index in [1.165, 1.54) is 44.6 Å². The van der Waals surface area contributed by atoms with Gasteiger partial charge in [-0.25, -0.2) is 0 Å². The predicted molar refractivity (Wildman–Crippen MR) is 109 cm³/mol. The molecule has 0 radical (unpaired) electrons. The summed E-state index contributed by atoms with van der Waals surface area (Å²) in [5.41, 5.74) is 3.05. The fraction of sp³-hybridized carbons (Fsp3) is 0.435. The highest BCUT2D eigenvalue weighted by molar-refractivity contribution is 5.90. The number of benzene rings is 2. The number of nitrogens with one attached hydrogen (secondary N) is 1. The highest BCUT2D eigenvalue weighted by Gasteiger charge is 2.11. The molecule has 2 rings (SSSR count). The second-order valence-electron chi connectivity index (χ2n) is 6.77. The van der Waals surface area contributed by atoms with Gasteiger partial charge < -0.3 is 10.1 Å². The van der Waals surface area contributed by atoms with Gasteiger partial charge in [0.05, 0.1) is 5.69 Å². The monoisotopic (exact) mass is 353 g/mol. The van der Waals surface area contributed by atoms with Crippen LogP contribution in [0.15, 0.2) is 48.5 Å². The van der Waals surface area contributed by atoms with Crippen LogP contribution in [0.25, 0.3) is 0 Å². The summed E-state index contributed by atoms with van der Waals surface area (Å²) in [4.78, 5) is 11.5. The second-order valence-corrected chi connectivity index (χ2v) is 6.77. The van der Waals surface area contributed by atoms with Crippen LogP contribution < -0.4 is 10.1 Å². The Kier molecular flexibility index (Phi) is 8.74. The van der Waals surface area contributed by atoms with Crippen LogP contribution in [0, 0.1) is 0 Å². The van der Waals surface area contributed by atoms with Crippen LogP contribution in [0.1, 0.15) is 63.5 Å². The number of aryl methyl sites for hydroxylation is 1. The largest absolute Gasteiger partial charge is 0.486 e. The van der Waals surface area contributed by atoms with Crippen molar-refractivity contribution < 1.29 is 9.53 Å². The Bertz CT molecular complexity index is 667. The average molecular weight is 354 g/mol. The molecule has 2 aromatic rings. The van der Waals surface area contributed by atoms with Crippen molar-refractivity contribution in [2.45, 2.75) is 65.4 Å². The number of carbonyl (C=O) groups excluding carboxylic acids is 1. The van der Waals surface area contributed by atoms with Gasteiger partial charge in [-0.3, -0.25) is 4.79 Å². The molecule has 0 spiro atoms. The van der Waals surface area contributed by atoms with Gasteiger partial charge in [0.25, 0.3) is 0 Å². The van der Waals surface area contributed by atoms with Crippen LogP contribution in [0.4, 0.5) is 5.69 Å². The van der Waals surface area contributed by atoms with Crippen LogP contribution in [0.2, 0.25) is 0 Å². The molecule has 0 bridgehead atoms. The van der Waals surface area contributed by atoms with Crippen molar-refractivity contribution in [3.63, 3.8) is 0 Å². The molecule has 2 aromatic carbocycles. The van der Waals surface area contributed by atoms with Gasteiger partial charge in [-0.1, -0.05) is 81.5 Å². The number of para-hydroxylation sites is 1. The zero-order valence-electron chi connectivity index (χ0n) is 16.1. The minimum absolute atomic E-state index is 0.0775. The number of amides is 1. The van der Waals surface area contributed by atoms with Gasteiger partial charge >= 0.3 is 0 Å². The molecular formula is C23H31NO2. The zero-order valence-corrected chi connectivity index (χ0v) is 16.1. The van der Waals surface area contributed by atoms with E-state index in [1.54, 1.807) is 0 Å². The van der Waals surface area contributed by atoms with E-state index in [9.17, 15) is 4.79 Å². The minimum Gasteiger partial charge on any atom is -0.486 e. The number of carbonyl (C=O) groups is 1. The van der Waals surface area contributed by atoms with Crippen LogP contribution in [-0.2, 0) is 17.8 Å². The lowest BCUT2D eigenvalue weighted by molar-refractivity contribution is -0.114. The van der Waals surface area contributed by atoms with E-state index in [0.717, 1.165) is 29.8 Å². The first-order chi connectivity index (χ1) is 12.7. The Balaban J connectivity index is 2.03. The number of anilines is 1. The predicted octanol–water partition coefficient (Wildman–Crippen LogP) is 6.13. The Morgan fingerprint density at radius 2 is 1.65 bits per heavy atom. The molecule has 0 aromatic heterocycles. The van der Waals surface area contributed by atoms with E-state index in [0.29, 0.717) is 6.61 Å². The number of hydrogen-bond acceptors (Lipinski definition) is 2. The molecule has 140 valence electrons. The van der Waals surface area contributed by atoms with E-state index >= 15 is 0 Å². The van der Waals surface area contributed by atoms with E-state index in [1.807, 2.05) is 30.3 Å². The fourth-order valence-electron chi connectivity index (χ4n) is 3.07.